The molecule has 0 saturated carbocycles. The first kappa shape index (κ1) is 9.98. The van der Waals surface area contributed by atoms with Crippen molar-refractivity contribution in [2.75, 3.05) is 13.1 Å². The molecule has 0 bridgehead atoms. The molecule has 0 unspecified atom stereocenters. The molecule has 0 radical (unpaired) electrons. The highest BCUT2D eigenvalue weighted by atomic mass is 16.4. The van der Waals surface area contributed by atoms with Gasteiger partial charge in [0.05, 0.1) is 6.54 Å². The summed E-state index contributed by atoms with van der Waals surface area (Å²) in [6, 6.07) is -0.509. The van der Waals surface area contributed by atoms with Gasteiger partial charge in [0, 0.05) is 12.6 Å². The molecule has 13 heavy (non-hydrogen) atoms. The van der Waals surface area contributed by atoms with Crippen LogP contribution in [0.3, 0.4) is 0 Å². The van der Waals surface area contributed by atoms with Crippen molar-refractivity contribution in [3.8, 4) is 0 Å². The molecule has 0 spiro atoms. The van der Waals surface area contributed by atoms with Crippen molar-refractivity contribution in [3.05, 3.63) is 0 Å². The highest BCUT2D eigenvalue weighted by Gasteiger charge is 2.33. The van der Waals surface area contributed by atoms with Gasteiger partial charge in [0.2, 0.25) is 5.91 Å². The summed E-state index contributed by atoms with van der Waals surface area (Å²) in [4.78, 5) is 23.5. The number of nitrogens with one attached hydrogen (secondary N) is 1. The minimum Gasteiger partial charge on any atom is -0.480 e. The second-order valence-corrected chi connectivity index (χ2v) is 3.42. The van der Waals surface area contributed by atoms with Crippen molar-refractivity contribution >= 4 is 11.9 Å². The number of carbonyl (C=O) groups excluding carboxylic acids is 1. The highest BCUT2D eigenvalue weighted by Crippen LogP contribution is 2.08. The van der Waals surface area contributed by atoms with Gasteiger partial charge in [-0.05, 0) is 13.8 Å². The van der Waals surface area contributed by atoms with Crippen LogP contribution in [0.4, 0.5) is 0 Å². The van der Waals surface area contributed by atoms with E-state index in [-0.39, 0.29) is 25.0 Å². The molecule has 74 valence electrons. The molecule has 0 aliphatic carbocycles. The van der Waals surface area contributed by atoms with E-state index in [0.29, 0.717) is 0 Å². The second kappa shape index (κ2) is 3.74. The maximum absolute atomic E-state index is 11.0. The van der Waals surface area contributed by atoms with E-state index >= 15 is 0 Å². The number of rotatable bonds is 2. The predicted octanol–water partition coefficient (Wildman–Crippen LogP) is -0.720. The molecule has 1 saturated heterocycles. The molecule has 5 nitrogen and oxygen atoms in total. The van der Waals surface area contributed by atoms with E-state index in [0.717, 1.165) is 0 Å². The number of carboxylic acid groups (broad SMARTS) is 1. The molecule has 0 aromatic heterocycles. The van der Waals surface area contributed by atoms with E-state index < -0.39 is 12.0 Å². The van der Waals surface area contributed by atoms with Gasteiger partial charge in [-0.15, -0.1) is 0 Å². The zero-order chi connectivity index (χ0) is 10.0. The zero-order valence-electron chi connectivity index (χ0n) is 7.78. The number of nitrogens with zero attached hydrogens (tertiary/aromatic N) is 1. The third-order valence-electron chi connectivity index (χ3n) is 2.17. The molecule has 1 atom stereocenters. The van der Waals surface area contributed by atoms with E-state index in [2.05, 4.69) is 5.32 Å². The van der Waals surface area contributed by atoms with Crippen molar-refractivity contribution in [1.29, 1.82) is 0 Å². The lowest BCUT2D eigenvalue weighted by Gasteiger charge is -2.35. The number of piperazine rings is 1. The minimum atomic E-state index is -0.881. The summed E-state index contributed by atoms with van der Waals surface area (Å²) in [6.07, 6.45) is 0. The van der Waals surface area contributed by atoms with E-state index in [4.69, 9.17) is 5.11 Å². The summed E-state index contributed by atoms with van der Waals surface area (Å²) in [5, 5.41) is 11.4. The standard InChI is InChI=1S/C8H14N2O3/c1-5(2)10-4-7(11)9-3-6(10)8(12)13/h5-6H,3-4H2,1-2H3,(H,9,11)(H,12,13)/t6-/m1/s1. The Balaban J connectivity index is 2.71. The molecule has 0 aromatic rings. The van der Waals surface area contributed by atoms with Crippen LogP contribution < -0.4 is 5.32 Å². The van der Waals surface area contributed by atoms with Crippen LogP contribution >= 0.6 is 0 Å². The lowest BCUT2D eigenvalue weighted by Crippen LogP contribution is -2.59. The Morgan fingerprint density at radius 2 is 2.31 bits per heavy atom. The molecule has 1 rings (SSSR count). The van der Waals surface area contributed by atoms with Gasteiger partial charge in [0.1, 0.15) is 6.04 Å². The highest BCUT2D eigenvalue weighted by molar-refractivity contribution is 5.83. The topological polar surface area (TPSA) is 69.6 Å². The summed E-state index contributed by atoms with van der Waals surface area (Å²) in [6.45, 7) is 4.14. The number of aliphatic carboxylic acids is 1. The number of carboxylic acids is 1. The normalized spacial score (nSPS) is 24.5. The van der Waals surface area contributed by atoms with E-state index in [9.17, 15) is 9.59 Å². The second-order valence-electron chi connectivity index (χ2n) is 3.42. The molecular weight excluding hydrogens is 172 g/mol. The summed E-state index contributed by atoms with van der Waals surface area (Å²) in [5.41, 5.74) is 0. The van der Waals surface area contributed by atoms with Crippen LogP contribution in [0.15, 0.2) is 0 Å². The molecule has 2 N–H and O–H groups in total. The van der Waals surface area contributed by atoms with Crippen LogP contribution in [0.1, 0.15) is 13.8 Å². The van der Waals surface area contributed by atoms with Gasteiger partial charge in [-0.1, -0.05) is 0 Å². The van der Waals surface area contributed by atoms with Crippen LogP contribution in [0.5, 0.6) is 0 Å². The van der Waals surface area contributed by atoms with Gasteiger partial charge < -0.3 is 10.4 Å². The Labute approximate surface area is 76.7 Å². The first-order valence-electron chi connectivity index (χ1n) is 4.27. The smallest absolute Gasteiger partial charge is 0.322 e. The Bertz CT molecular complexity index is 227. The van der Waals surface area contributed by atoms with Crippen LogP contribution in [-0.2, 0) is 9.59 Å². The molecule has 1 fully saturated rings. The van der Waals surface area contributed by atoms with Crippen LogP contribution in [0.25, 0.3) is 0 Å². The summed E-state index contributed by atoms with van der Waals surface area (Å²) in [7, 11) is 0. The molecule has 1 heterocycles. The molecule has 1 aliphatic heterocycles. The third kappa shape index (κ3) is 2.18. The average Bonchev–Trinajstić information content (AvgIpc) is 2.03. The fourth-order valence-electron chi connectivity index (χ4n) is 1.43. The zero-order valence-corrected chi connectivity index (χ0v) is 7.78. The fraction of sp³-hybridized carbons (Fsp3) is 0.750. The van der Waals surface area contributed by atoms with Gasteiger partial charge in [-0.25, -0.2) is 0 Å². The maximum atomic E-state index is 11.0. The van der Waals surface area contributed by atoms with E-state index in [1.54, 1.807) is 4.90 Å². The van der Waals surface area contributed by atoms with Crippen molar-refractivity contribution in [2.24, 2.45) is 0 Å². The Hall–Kier alpha value is -1.10. The Morgan fingerprint density at radius 1 is 1.69 bits per heavy atom. The van der Waals surface area contributed by atoms with E-state index in [1.807, 2.05) is 13.8 Å². The minimum absolute atomic E-state index is 0.0761. The van der Waals surface area contributed by atoms with Crippen molar-refractivity contribution < 1.29 is 14.7 Å². The fourth-order valence-corrected chi connectivity index (χ4v) is 1.43. The van der Waals surface area contributed by atoms with Crippen molar-refractivity contribution in [2.45, 2.75) is 25.9 Å². The first-order chi connectivity index (χ1) is 6.02. The SMILES string of the molecule is CC(C)N1CC(=O)NC[C@@H]1C(=O)O. The van der Waals surface area contributed by atoms with Crippen molar-refractivity contribution in [1.82, 2.24) is 10.2 Å². The number of hydrogen-bond acceptors (Lipinski definition) is 3. The van der Waals surface area contributed by atoms with Gasteiger partial charge in [-0.2, -0.15) is 0 Å². The van der Waals surface area contributed by atoms with Crippen molar-refractivity contribution in [3.63, 3.8) is 0 Å². The monoisotopic (exact) mass is 186 g/mol. The number of carbonyl (C=O) groups is 2. The first-order valence-corrected chi connectivity index (χ1v) is 4.27. The molecule has 0 aromatic carbocycles. The molecule has 1 aliphatic rings. The van der Waals surface area contributed by atoms with Gasteiger partial charge in [-0.3, -0.25) is 14.5 Å². The summed E-state index contributed by atoms with van der Waals surface area (Å²) in [5.74, 6) is -0.986. The average molecular weight is 186 g/mol. The van der Waals surface area contributed by atoms with Crippen LogP contribution in [-0.4, -0.2) is 47.1 Å². The van der Waals surface area contributed by atoms with Gasteiger partial charge in [0.15, 0.2) is 0 Å². The van der Waals surface area contributed by atoms with E-state index in [1.165, 1.54) is 0 Å². The maximum Gasteiger partial charge on any atom is 0.322 e. The predicted molar refractivity (Wildman–Crippen MR) is 46.3 cm³/mol. The van der Waals surface area contributed by atoms with Crippen LogP contribution in [0, 0.1) is 0 Å². The summed E-state index contributed by atoms with van der Waals surface area (Å²) < 4.78 is 0. The Kier molecular flexibility index (Phi) is 2.87. The number of amides is 1. The van der Waals surface area contributed by atoms with Gasteiger partial charge in [0.25, 0.3) is 0 Å². The largest absolute Gasteiger partial charge is 0.480 e. The van der Waals surface area contributed by atoms with Gasteiger partial charge >= 0.3 is 5.97 Å². The Morgan fingerprint density at radius 3 is 2.77 bits per heavy atom. The van der Waals surface area contributed by atoms with Crippen LogP contribution in [0.2, 0.25) is 0 Å². The lowest BCUT2D eigenvalue weighted by molar-refractivity contribution is -0.147. The lowest BCUT2D eigenvalue weighted by atomic mass is 10.1. The summed E-state index contributed by atoms with van der Waals surface area (Å²) >= 11 is 0. The quantitative estimate of drug-likeness (QED) is 0.597. The third-order valence-corrected chi connectivity index (χ3v) is 2.17. The molecule has 5 heteroatoms. The number of hydrogen-bond donors (Lipinski definition) is 2. The molecular formula is C8H14N2O3. The molecule has 1 amide bonds.